The number of rotatable bonds is 8. The van der Waals surface area contributed by atoms with E-state index in [4.69, 9.17) is 0 Å². The average molecular weight is 425 g/mol. The molecule has 1 aromatic carbocycles. The quantitative estimate of drug-likeness (QED) is 0.437. The molecule has 158 valence electrons. The molecule has 30 heavy (non-hydrogen) atoms. The van der Waals surface area contributed by atoms with Crippen LogP contribution in [0.3, 0.4) is 0 Å². The molecule has 2 heterocycles. The van der Waals surface area contributed by atoms with Crippen LogP contribution in [0.2, 0.25) is 0 Å². The molecule has 1 saturated carbocycles. The van der Waals surface area contributed by atoms with Crippen molar-refractivity contribution < 1.29 is 4.79 Å². The van der Waals surface area contributed by atoms with Crippen molar-refractivity contribution in [3.63, 3.8) is 0 Å². The van der Waals surface area contributed by atoms with Gasteiger partial charge in [0.15, 0.2) is 10.9 Å². The fourth-order valence-electron chi connectivity index (χ4n) is 4.10. The van der Waals surface area contributed by atoms with Gasteiger partial charge in [0.1, 0.15) is 5.82 Å². The van der Waals surface area contributed by atoms with Crippen molar-refractivity contribution in [3.8, 4) is 5.69 Å². The first kappa shape index (κ1) is 20.7. The number of carbonyl (C=O) groups is 1. The number of nitrogens with zero attached hydrogens (tertiary/aromatic N) is 5. The standard InChI is InChI=1S/C22H28N6OS/c1-16-15-19(26-28(16)18-11-4-3-5-12-18)21(29)23-14-8-13-20-24-25-22(30-2)27(20)17-9-6-7-10-17/h3-5,11-12,15,17H,6-10,13-14H2,1-2H3,(H,23,29). The predicted molar refractivity (Wildman–Crippen MR) is 118 cm³/mol. The molecule has 0 saturated heterocycles. The monoisotopic (exact) mass is 424 g/mol. The fourth-order valence-corrected chi connectivity index (χ4v) is 4.67. The summed E-state index contributed by atoms with van der Waals surface area (Å²) in [7, 11) is 0. The zero-order chi connectivity index (χ0) is 20.9. The highest BCUT2D eigenvalue weighted by Crippen LogP contribution is 2.33. The Morgan fingerprint density at radius 3 is 2.70 bits per heavy atom. The summed E-state index contributed by atoms with van der Waals surface area (Å²) in [6, 6.07) is 12.2. The van der Waals surface area contributed by atoms with Crippen molar-refractivity contribution in [2.75, 3.05) is 12.8 Å². The van der Waals surface area contributed by atoms with Crippen LogP contribution in [-0.2, 0) is 6.42 Å². The molecule has 4 rings (SSSR count). The third-order valence-electron chi connectivity index (χ3n) is 5.59. The summed E-state index contributed by atoms with van der Waals surface area (Å²) in [6.45, 7) is 2.54. The van der Waals surface area contributed by atoms with E-state index in [-0.39, 0.29) is 5.91 Å². The lowest BCUT2D eigenvalue weighted by Gasteiger charge is -2.16. The number of aromatic nitrogens is 5. The third kappa shape index (κ3) is 4.43. The number of thioether (sulfide) groups is 1. The maximum absolute atomic E-state index is 12.6. The molecule has 2 aromatic heterocycles. The zero-order valence-electron chi connectivity index (χ0n) is 17.5. The molecule has 8 heteroatoms. The Bertz CT molecular complexity index is 990. The van der Waals surface area contributed by atoms with E-state index in [0.29, 0.717) is 18.3 Å². The van der Waals surface area contributed by atoms with Crippen molar-refractivity contribution in [1.82, 2.24) is 29.9 Å². The Balaban J connectivity index is 1.33. The molecule has 1 aliphatic carbocycles. The molecular weight excluding hydrogens is 396 g/mol. The number of hydrogen-bond acceptors (Lipinski definition) is 5. The van der Waals surface area contributed by atoms with Gasteiger partial charge >= 0.3 is 0 Å². The molecule has 7 nitrogen and oxygen atoms in total. The average Bonchev–Trinajstić information content (AvgIpc) is 3.51. The molecule has 1 aliphatic rings. The Morgan fingerprint density at radius 2 is 1.97 bits per heavy atom. The smallest absolute Gasteiger partial charge is 0.271 e. The number of nitrogens with one attached hydrogen (secondary N) is 1. The molecule has 0 spiro atoms. The highest BCUT2D eigenvalue weighted by molar-refractivity contribution is 7.98. The van der Waals surface area contributed by atoms with E-state index in [2.05, 4.69) is 31.4 Å². The van der Waals surface area contributed by atoms with Gasteiger partial charge in [-0.25, -0.2) is 4.68 Å². The highest BCUT2D eigenvalue weighted by Gasteiger charge is 2.23. The van der Waals surface area contributed by atoms with E-state index in [0.717, 1.165) is 35.2 Å². The van der Waals surface area contributed by atoms with E-state index < -0.39 is 0 Å². The summed E-state index contributed by atoms with van der Waals surface area (Å²) in [5.41, 5.74) is 2.32. The minimum atomic E-state index is -0.144. The minimum absolute atomic E-state index is 0.144. The van der Waals surface area contributed by atoms with Gasteiger partial charge in [0.2, 0.25) is 0 Å². The van der Waals surface area contributed by atoms with Crippen LogP contribution in [0.4, 0.5) is 0 Å². The topological polar surface area (TPSA) is 77.6 Å². The Morgan fingerprint density at radius 1 is 1.20 bits per heavy atom. The second-order valence-electron chi connectivity index (χ2n) is 7.69. The second kappa shape index (κ2) is 9.47. The number of carbonyl (C=O) groups excluding carboxylic acids is 1. The van der Waals surface area contributed by atoms with Gasteiger partial charge in [-0.2, -0.15) is 5.10 Å². The molecule has 0 radical (unpaired) electrons. The van der Waals surface area contributed by atoms with Crippen LogP contribution in [0.1, 0.15) is 60.2 Å². The summed E-state index contributed by atoms with van der Waals surface area (Å²) in [4.78, 5) is 12.6. The van der Waals surface area contributed by atoms with Crippen molar-refractivity contribution >= 4 is 17.7 Å². The van der Waals surface area contributed by atoms with Crippen molar-refractivity contribution in [2.45, 2.75) is 56.6 Å². The van der Waals surface area contributed by atoms with E-state index in [1.165, 1.54) is 25.7 Å². The molecular formula is C22H28N6OS. The maximum Gasteiger partial charge on any atom is 0.271 e. The van der Waals surface area contributed by atoms with Crippen LogP contribution >= 0.6 is 11.8 Å². The molecule has 0 unspecified atom stereocenters. The first-order valence-corrected chi connectivity index (χ1v) is 11.8. The summed E-state index contributed by atoms with van der Waals surface area (Å²) < 4.78 is 4.12. The zero-order valence-corrected chi connectivity index (χ0v) is 18.4. The molecule has 1 N–H and O–H groups in total. The van der Waals surface area contributed by atoms with Gasteiger partial charge in [-0.1, -0.05) is 42.8 Å². The van der Waals surface area contributed by atoms with Crippen LogP contribution in [0, 0.1) is 6.92 Å². The maximum atomic E-state index is 12.6. The van der Waals surface area contributed by atoms with Crippen LogP contribution in [-0.4, -0.2) is 43.3 Å². The third-order valence-corrected chi connectivity index (χ3v) is 6.23. The lowest BCUT2D eigenvalue weighted by atomic mass is 10.2. The molecule has 3 aromatic rings. The highest BCUT2D eigenvalue weighted by atomic mass is 32.2. The second-order valence-corrected chi connectivity index (χ2v) is 8.46. The van der Waals surface area contributed by atoms with E-state index in [1.807, 2.05) is 43.3 Å². The summed E-state index contributed by atoms with van der Waals surface area (Å²) in [6.07, 6.45) is 8.65. The Hall–Kier alpha value is -2.61. The number of hydrogen-bond donors (Lipinski definition) is 1. The van der Waals surface area contributed by atoms with E-state index in [9.17, 15) is 4.79 Å². The van der Waals surface area contributed by atoms with E-state index >= 15 is 0 Å². The Labute approximate surface area is 181 Å². The van der Waals surface area contributed by atoms with Crippen molar-refractivity contribution in [3.05, 3.63) is 53.6 Å². The van der Waals surface area contributed by atoms with Gasteiger partial charge in [-0.15, -0.1) is 10.2 Å². The molecule has 1 amide bonds. The van der Waals surface area contributed by atoms with Crippen LogP contribution < -0.4 is 5.32 Å². The predicted octanol–water partition coefficient (Wildman–Crippen LogP) is 3.97. The number of aryl methyl sites for hydroxylation is 2. The SMILES string of the molecule is CSc1nnc(CCCNC(=O)c2cc(C)n(-c3ccccc3)n2)n1C1CCCC1. The van der Waals surface area contributed by atoms with Crippen molar-refractivity contribution in [1.29, 1.82) is 0 Å². The van der Waals surface area contributed by atoms with Gasteiger partial charge in [0.25, 0.3) is 5.91 Å². The lowest BCUT2D eigenvalue weighted by Crippen LogP contribution is -2.25. The van der Waals surface area contributed by atoms with Gasteiger partial charge in [-0.3, -0.25) is 4.79 Å². The minimum Gasteiger partial charge on any atom is -0.351 e. The first-order chi connectivity index (χ1) is 14.7. The number of para-hydroxylation sites is 1. The fraction of sp³-hybridized carbons (Fsp3) is 0.455. The van der Waals surface area contributed by atoms with Crippen molar-refractivity contribution in [2.24, 2.45) is 0 Å². The van der Waals surface area contributed by atoms with Crippen LogP contribution in [0.25, 0.3) is 5.69 Å². The summed E-state index contributed by atoms with van der Waals surface area (Å²) >= 11 is 1.66. The molecule has 0 aliphatic heterocycles. The van der Waals surface area contributed by atoms with Crippen LogP contribution in [0.5, 0.6) is 0 Å². The molecule has 0 bridgehead atoms. The number of amides is 1. The first-order valence-electron chi connectivity index (χ1n) is 10.6. The largest absolute Gasteiger partial charge is 0.351 e. The van der Waals surface area contributed by atoms with Crippen LogP contribution in [0.15, 0.2) is 41.6 Å². The van der Waals surface area contributed by atoms with Gasteiger partial charge in [-0.05, 0) is 50.6 Å². The molecule has 1 fully saturated rings. The van der Waals surface area contributed by atoms with Gasteiger partial charge in [0.05, 0.1) is 5.69 Å². The summed E-state index contributed by atoms with van der Waals surface area (Å²) in [5, 5.41) is 17.2. The number of benzene rings is 1. The van der Waals surface area contributed by atoms with Gasteiger partial charge in [0, 0.05) is 24.7 Å². The Kier molecular flexibility index (Phi) is 6.52. The van der Waals surface area contributed by atoms with Gasteiger partial charge < -0.3 is 9.88 Å². The molecule has 0 atom stereocenters. The summed E-state index contributed by atoms with van der Waals surface area (Å²) in [5.74, 6) is 0.888. The van der Waals surface area contributed by atoms with E-state index in [1.54, 1.807) is 16.4 Å². The normalized spacial score (nSPS) is 14.3. The lowest BCUT2D eigenvalue weighted by molar-refractivity contribution is 0.0947.